The van der Waals surface area contributed by atoms with Gasteiger partial charge in [0.1, 0.15) is 6.61 Å². The van der Waals surface area contributed by atoms with Crippen molar-refractivity contribution in [3.63, 3.8) is 0 Å². The van der Waals surface area contributed by atoms with Crippen LogP contribution in [0.3, 0.4) is 0 Å². The highest BCUT2D eigenvalue weighted by atomic mass is 79.9. The van der Waals surface area contributed by atoms with Gasteiger partial charge < -0.3 is 20.1 Å². The lowest BCUT2D eigenvalue weighted by molar-refractivity contribution is 0.212. The summed E-state index contributed by atoms with van der Waals surface area (Å²) in [5.41, 5.74) is 6.51. The minimum absolute atomic E-state index is 0.632. The maximum absolute atomic E-state index is 5.89. The highest BCUT2D eigenvalue weighted by Gasteiger charge is 2.12. The summed E-state index contributed by atoms with van der Waals surface area (Å²) in [6.45, 7) is 10.6. The number of likely N-dealkylation sites (N-methyl/N-ethyl adjacent to an activating group) is 1. The van der Waals surface area contributed by atoms with E-state index in [1.54, 1.807) is 0 Å². The summed E-state index contributed by atoms with van der Waals surface area (Å²) in [6, 6.07) is 3.65. The number of hydrogen-bond donors (Lipinski definition) is 1. The lowest BCUT2D eigenvalue weighted by Crippen LogP contribution is -2.28. The van der Waals surface area contributed by atoms with Gasteiger partial charge in [0.25, 0.3) is 0 Å². The monoisotopic (exact) mass is 344 g/mol. The maximum Gasteiger partial charge on any atom is 0.175 e. The Kier molecular flexibility index (Phi) is 7.77. The second kappa shape index (κ2) is 9.08. The molecule has 114 valence electrons. The SMILES string of the molecule is CCCOc1cc(N)cc(Br)c1OCCN(CC)CC. The Bertz CT molecular complexity index is 409. The molecule has 0 saturated heterocycles. The summed E-state index contributed by atoms with van der Waals surface area (Å²) >= 11 is 3.49. The Labute approximate surface area is 130 Å². The van der Waals surface area contributed by atoms with Gasteiger partial charge in [-0.3, -0.25) is 0 Å². The number of nitrogen functional groups attached to an aromatic ring is 1. The third-order valence-corrected chi connectivity index (χ3v) is 3.63. The van der Waals surface area contributed by atoms with Crippen LogP contribution >= 0.6 is 15.9 Å². The minimum atomic E-state index is 0.632. The molecule has 0 aliphatic rings. The van der Waals surface area contributed by atoms with Crippen LogP contribution in [-0.4, -0.2) is 37.7 Å². The number of nitrogens with zero attached hydrogens (tertiary/aromatic N) is 1. The molecule has 0 fully saturated rings. The molecule has 0 saturated carbocycles. The number of anilines is 1. The fourth-order valence-electron chi connectivity index (χ4n) is 1.86. The molecule has 0 aliphatic carbocycles. The van der Waals surface area contributed by atoms with Crippen LogP contribution in [0.1, 0.15) is 27.2 Å². The Morgan fingerprint density at radius 2 is 1.80 bits per heavy atom. The van der Waals surface area contributed by atoms with E-state index >= 15 is 0 Å². The number of ether oxygens (including phenoxy) is 2. The molecule has 0 bridgehead atoms. The summed E-state index contributed by atoms with van der Waals surface area (Å²) < 4.78 is 12.4. The number of halogens is 1. The van der Waals surface area contributed by atoms with Crippen LogP contribution in [0.15, 0.2) is 16.6 Å². The zero-order valence-corrected chi connectivity index (χ0v) is 14.2. The van der Waals surface area contributed by atoms with Crippen LogP contribution in [0.2, 0.25) is 0 Å². The van der Waals surface area contributed by atoms with Crippen LogP contribution in [0.25, 0.3) is 0 Å². The molecule has 0 radical (unpaired) electrons. The van der Waals surface area contributed by atoms with Gasteiger partial charge in [-0.25, -0.2) is 0 Å². The molecule has 0 atom stereocenters. The molecule has 1 aromatic rings. The predicted octanol–water partition coefficient (Wildman–Crippen LogP) is 3.54. The zero-order chi connectivity index (χ0) is 15.0. The van der Waals surface area contributed by atoms with Crippen molar-refractivity contribution in [1.82, 2.24) is 4.90 Å². The van der Waals surface area contributed by atoms with E-state index in [1.807, 2.05) is 12.1 Å². The molecule has 1 rings (SSSR count). The van der Waals surface area contributed by atoms with Crippen molar-refractivity contribution in [2.45, 2.75) is 27.2 Å². The van der Waals surface area contributed by atoms with Gasteiger partial charge in [0.15, 0.2) is 11.5 Å². The molecule has 5 heteroatoms. The molecule has 0 aliphatic heterocycles. The van der Waals surface area contributed by atoms with E-state index < -0.39 is 0 Å². The van der Waals surface area contributed by atoms with E-state index in [9.17, 15) is 0 Å². The molecular formula is C15H25BrN2O2. The van der Waals surface area contributed by atoms with Crippen LogP contribution < -0.4 is 15.2 Å². The first-order valence-corrected chi connectivity index (χ1v) is 7.98. The largest absolute Gasteiger partial charge is 0.490 e. The van der Waals surface area contributed by atoms with Gasteiger partial charge in [0, 0.05) is 18.3 Å². The van der Waals surface area contributed by atoms with Crippen LogP contribution in [0, 0.1) is 0 Å². The van der Waals surface area contributed by atoms with E-state index in [0.29, 0.717) is 24.7 Å². The predicted molar refractivity (Wildman–Crippen MR) is 87.6 cm³/mol. The Morgan fingerprint density at radius 3 is 2.40 bits per heavy atom. The molecule has 0 unspecified atom stereocenters. The molecule has 2 N–H and O–H groups in total. The molecule has 1 aromatic carbocycles. The first-order chi connectivity index (χ1) is 9.62. The van der Waals surface area contributed by atoms with Gasteiger partial charge in [-0.1, -0.05) is 20.8 Å². The molecule has 0 amide bonds. The third kappa shape index (κ3) is 5.21. The second-order valence-electron chi connectivity index (χ2n) is 4.55. The average Bonchev–Trinajstić information content (AvgIpc) is 2.43. The average molecular weight is 345 g/mol. The molecular weight excluding hydrogens is 320 g/mol. The van der Waals surface area contributed by atoms with Crippen LogP contribution in [-0.2, 0) is 0 Å². The van der Waals surface area contributed by atoms with Gasteiger partial charge in [0.2, 0.25) is 0 Å². The zero-order valence-electron chi connectivity index (χ0n) is 12.6. The summed E-state index contributed by atoms with van der Waals surface area (Å²) in [5.74, 6) is 1.44. The highest BCUT2D eigenvalue weighted by Crippen LogP contribution is 2.37. The van der Waals surface area contributed by atoms with Gasteiger partial charge in [-0.05, 0) is 41.5 Å². The van der Waals surface area contributed by atoms with E-state index in [1.165, 1.54) is 0 Å². The first kappa shape index (κ1) is 17.1. The standard InChI is InChI=1S/C15H25BrN2O2/c1-4-8-19-14-11-12(17)10-13(16)15(14)20-9-7-18(5-2)6-3/h10-11H,4-9,17H2,1-3H3. The van der Waals surface area contributed by atoms with E-state index in [0.717, 1.165) is 36.3 Å². The summed E-state index contributed by atoms with van der Waals surface area (Å²) in [5, 5.41) is 0. The lowest BCUT2D eigenvalue weighted by atomic mass is 10.3. The minimum Gasteiger partial charge on any atom is -0.490 e. The Hall–Kier alpha value is -0.940. The van der Waals surface area contributed by atoms with Gasteiger partial charge in [-0.2, -0.15) is 0 Å². The topological polar surface area (TPSA) is 47.7 Å². The van der Waals surface area contributed by atoms with Crippen molar-refractivity contribution in [2.75, 3.05) is 38.6 Å². The van der Waals surface area contributed by atoms with E-state index in [2.05, 4.69) is 41.6 Å². The fraction of sp³-hybridized carbons (Fsp3) is 0.600. The molecule has 4 nitrogen and oxygen atoms in total. The molecule has 20 heavy (non-hydrogen) atoms. The summed E-state index contributed by atoms with van der Waals surface area (Å²) in [6.07, 6.45) is 0.950. The smallest absolute Gasteiger partial charge is 0.175 e. The van der Waals surface area contributed by atoms with Crippen molar-refractivity contribution >= 4 is 21.6 Å². The summed E-state index contributed by atoms with van der Waals surface area (Å²) in [4.78, 5) is 2.32. The van der Waals surface area contributed by atoms with Crippen molar-refractivity contribution in [1.29, 1.82) is 0 Å². The van der Waals surface area contributed by atoms with Crippen molar-refractivity contribution < 1.29 is 9.47 Å². The fourth-order valence-corrected chi connectivity index (χ4v) is 2.44. The quantitative estimate of drug-likeness (QED) is 0.696. The number of benzene rings is 1. The number of rotatable bonds is 9. The van der Waals surface area contributed by atoms with Crippen molar-refractivity contribution in [2.24, 2.45) is 0 Å². The van der Waals surface area contributed by atoms with Gasteiger partial charge >= 0.3 is 0 Å². The van der Waals surface area contributed by atoms with Gasteiger partial charge in [0.05, 0.1) is 11.1 Å². The number of hydrogen-bond acceptors (Lipinski definition) is 4. The maximum atomic E-state index is 5.89. The van der Waals surface area contributed by atoms with E-state index in [4.69, 9.17) is 15.2 Å². The van der Waals surface area contributed by atoms with Crippen molar-refractivity contribution in [3.05, 3.63) is 16.6 Å². The number of nitrogens with two attached hydrogens (primary N) is 1. The van der Waals surface area contributed by atoms with Crippen molar-refractivity contribution in [3.8, 4) is 11.5 Å². The highest BCUT2D eigenvalue weighted by molar-refractivity contribution is 9.10. The van der Waals surface area contributed by atoms with E-state index in [-0.39, 0.29) is 0 Å². The normalized spacial score (nSPS) is 10.8. The second-order valence-corrected chi connectivity index (χ2v) is 5.41. The van der Waals surface area contributed by atoms with Crippen LogP contribution in [0.4, 0.5) is 5.69 Å². The molecule has 0 aromatic heterocycles. The Balaban J connectivity index is 2.71. The summed E-state index contributed by atoms with van der Waals surface area (Å²) in [7, 11) is 0. The van der Waals surface area contributed by atoms with Crippen LogP contribution in [0.5, 0.6) is 11.5 Å². The molecule has 0 heterocycles. The Morgan fingerprint density at radius 1 is 1.10 bits per heavy atom. The lowest BCUT2D eigenvalue weighted by Gasteiger charge is -2.19. The van der Waals surface area contributed by atoms with Gasteiger partial charge in [-0.15, -0.1) is 0 Å². The molecule has 0 spiro atoms. The first-order valence-electron chi connectivity index (χ1n) is 7.19. The third-order valence-electron chi connectivity index (χ3n) is 3.04.